The largest absolute Gasteiger partial charge is 0.505 e. The molecule has 1 fully saturated rings. The Balaban J connectivity index is 1.68. The number of hydrogen-bond acceptors (Lipinski definition) is 7. The molecular weight excluding hydrogens is 346 g/mol. The van der Waals surface area contributed by atoms with Gasteiger partial charge in [0, 0.05) is 6.07 Å². The first kappa shape index (κ1) is 16.8. The molecule has 1 saturated carbocycles. The maximum atomic E-state index is 9.57. The van der Waals surface area contributed by atoms with E-state index in [1.807, 2.05) is 0 Å². The monoisotopic (exact) mass is 363 g/mol. The topological polar surface area (TPSA) is 106 Å². The molecular formula is C19H17N5O3. The molecule has 0 bridgehead atoms. The van der Waals surface area contributed by atoms with Crippen molar-refractivity contribution in [3.05, 3.63) is 48.0 Å². The highest BCUT2D eigenvalue weighted by atomic mass is 16.5. The van der Waals surface area contributed by atoms with Crippen molar-refractivity contribution in [2.24, 2.45) is 0 Å². The smallest absolute Gasteiger partial charge is 0.226 e. The van der Waals surface area contributed by atoms with Crippen LogP contribution in [-0.2, 0) is 0 Å². The van der Waals surface area contributed by atoms with E-state index < -0.39 is 0 Å². The molecule has 1 aliphatic rings. The number of rotatable bonds is 5. The Morgan fingerprint density at radius 3 is 2.70 bits per heavy atom. The van der Waals surface area contributed by atoms with E-state index in [1.165, 1.54) is 23.5 Å². The number of benzene rings is 1. The van der Waals surface area contributed by atoms with Crippen LogP contribution in [0.5, 0.6) is 23.3 Å². The Kier molecular flexibility index (Phi) is 4.34. The highest BCUT2D eigenvalue weighted by Crippen LogP contribution is 2.31. The van der Waals surface area contributed by atoms with Crippen LogP contribution in [0.1, 0.15) is 30.7 Å². The first-order chi connectivity index (χ1) is 13.1. The van der Waals surface area contributed by atoms with Crippen molar-refractivity contribution in [3.8, 4) is 35.0 Å². The average molecular weight is 363 g/mol. The number of aromatic hydroxyl groups is 1. The van der Waals surface area contributed by atoms with Gasteiger partial charge in [-0.15, -0.1) is 0 Å². The molecule has 4 rings (SSSR count). The molecule has 8 heteroatoms. The zero-order chi connectivity index (χ0) is 18.8. The summed E-state index contributed by atoms with van der Waals surface area (Å²) in [6.45, 7) is 1.76. The molecule has 1 N–H and O–H groups in total. The van der Waals surface area contributed by atoms with Crippen molar-refractivity contribution in [2.45, 2.75) is 32.3 Å². The SMILES string of the molecule is Cc1nc(Oc2cc(C#N)ccc2-n2cc(O)cn2)cc(OC2CCC2)n1. The van der Waals surface area contributed by atoms with Crippen LogP contribution in [-0.4, -0.2) is 31.0 Å². The number of aryl methyl sites for hydroxylation is 1. The highest BCUT2D eigenvalue weighted by molar-refractivity contribution is 5.52. The molecule has 8 nitrogen and oxygen atoms in total. The molecule has 0 atom stereocenters. The lowest BCUT2D eigenvalue weighted by atomic mass is 9.96. The first-order valence-corrected chi connectivity index (χ1v) is 8.59. The van der Waals surface area contributed by atoms with Crippen molar-refractivity contribution in [2.75, 3.05) is 0 Å². The summed E-state index contributed by atoms with van der Waals surface area (Å²) in [6, 6.07) is 8.66. The van der Waals surface area contributed by atoms with Gasteiger partial charge in [-0.1, -0.05) is 0 Å². The Morgan fingerprint density at radius 2 is 2.04 bits per heavy atom. The van der Waals surface area contributed by atoms with Crippen LogP contribution in [0.2, 0.25) is 0 Å². The summed E-state index contributed by atoms with van der Waals surface area (Å²) in [5.74, 6) is 1.71. The Morgan fingerprint density at radius 1 is 1.22 bits per heavy atom. The minimum absolute atomic E-state index is 0.0272. The van der Waals surface area contributed by atoms with Crippen LogP contribution in [0, 0.1) is 18.3 Å². The van der Waals surface area contributed by atoms with Gasteiger partial charge in [0.1, 0.15) is 17.6 Å². The number of hydrogen-bond donors (Lipinski definition) is 1. The van der Waals surface area contributed by atoms with Crippen molar-refractivity contribution in [1.29, 1.82) is 5.26 Å². The van der Waals surface area contributed by atoms with Gasteiger partial charge in [-0.3, -0.25) is 0 Å². The lowest BCUT2D eigenvalue weighted by molar-refractivity contribution is 0.114. The van der Waals surface area contributed by atoms with Crippen LogP contribution >= 0.6 is 0 Å². The minimum Gasteiger partial charge on any atom is -0.505 e. The molecule has 2 aromatic heterocycles. The van der Waals surface area contributed by atoms with Gasteiger partial charge in [0.05, 0.1) is 30.1 Å². The molecule has 3 aromatic rings. The molecule has 0 unspecified atom stereocenters. The normalized spacial score (nSPS) is 13.6. The maximum absolute atomic E-state index is 9.57. The third-order valence-electron chi connectivity index (χ3n) is 4.25. The molecule has 0 aliphatic heterocycles. The highest BCUT2D eigenvalue weighted by Gasteiger charge is 2.20. The van der Waals surface area contributed by atoms with Gasteiger partial charge in [-0.05, 0) is 38.3 Å². The number of ether oxygens (including phenoxy) is 2. The fraction of sp³-hybridized carbons (Fsp3) is 0.263. The van der Waals surface area contributed by atoms with Crippen molar-refractivity contribution in [3.63, 3.8) is 0 Å². The van der Waals surface area contributed by atoms with E-state index in [4.69, 9.17) is 9.47 Å². The minimum atomic E-state index is 0.0272. The van der Waals surface area contributed by atoms with Gasteiger partial charge in [0.2, 0.25) is 11.8 Å². The first-order valence-electron chi connectivity index (χ1n) is 8.59. The summed E-state index contributed by atoms with van der Waals surface area (Å²) >= 11 is 0. The third-order valence-corrected chi connectivity index (χ3v) is 4.25. The second-order valence-electron chi connectivity index (χ2n) is 6.30. The fourth-order valence-electron chi connectivity index (χ4n) is 2.70. The zero-order valence-electron chi connectivity index (χ0n) is 14.7. The molecule has 1 aromatic carbocycles. The van der Waals surface area contributed by atoms with Gasteiger partial charge in [-0.25, -0.2) is 4.68 Å². The van der Waals surface area contributed by atoms with Gasteiger partial charge in [-0.2, -0.15) is 20.3 Å². The predicted molar refractivity (Wildman–Crippen MR) is 95.1 cm³/mol. The number of nitrogens with zero attached hydrogens (tertiary/aromatic N) is 5. The molecule has 2 heterocycles. The quantitative estimate of drug-likeness (QED) is 0.741. The van der Waals surface area contributed by atoms with E-state index in [2.05, 4.69) is 21.1 Å². The summed E-state index contributed by atoms with van der Waals surface area (Å²) < 4.78 is 13.2. The Hall–Kier alpha value is -3.60. The van der Waals surface area contributed by atoms with Crippen LogP contribution < -0.4 is 9.47 Å². The van der Waals surface area contributed by atoms with Crippen LogP contribution in [0.15, 0.2) is 36.7 Å². The van der Waals surface area contributed by atoms with Gasteiger partial charge in [0.25, 0.3) is 0 Å². The lowest BCUT2D eigenvalue weighted by Gasteiger charge is -2.25. The van der Waals surface area contributed by atoms with Crippen LogP contribution in [0.4, 0.5) is 0 Å². The number of nitriles is 1. The van der Waals surface area contributed by atoms with E-state index in [9.17, 15) is 10.4 Å². The third kappa shape index (κ3) is 3.67. The van der Waals surface area contributed by atoms with Crippen molar-refractivity contribution in [1.82, 2.24) is 19.7 Å². The van der Waals surface area contributed by atoms with Crippen LogP contribution in [0.3, 0.4) is 0 Å². The van der Waals surface area contributed by atoms with Crippen molar-refractivity contribution >= 4 is 0 Å². The molecule has 27 heavy (non-hydrogen) atoms. The Bertz CT molecular complexity index is 1020. The van der Waals surface area contributed by atoms with E-state index >= 15 is 0 Å². The standard InChI is InChI=1S/C19H17N5O3/c1-12-22-18(26-15-3-2-4-15)8-19(23-12)27-17-7-13(9-20)5-6-16(17)24-11-14(25)10-21-24/h5-8,10-11,15,25H,2-4H2,1H3. The van der Waals surface area contributed by atoms with Gasteiger partial charge < -0.3 is 14.6 Å². The Labute approximate surface area is 155 Å². The summed E-state index contributed by atoms with van der Waals surface area (Å²) in [5, 5.41) is 22.9. The molecule has 0 radical (unpaired) electrons. The maximum Gasteiger partial charge on any atom is 0.226 e. The van der Waals surface area contributed by atoms with E-state index in [0.717, 1.165) is 12.8 Å². The second-order valence-corrected chi connectivity index (χ2v) is 6.30. The lowest BCUT2D eigenvalue weighted by Crippen LogP contribution is -2.25. The summed E-state index contributed by atoms with van der Waals surface area (Å²) in [4.78, 5) is 8.60. The fourth-order valence-corrected chi connectivity index (χ4v) is 2.70. The predicted octanol–water partition coefficient (Wildman–Crippen LogP) is 3.27. The molecule has 0 amide bonds. The van der Waals surface area contributed by atoms with Gasteiger partial charge >= 0.3 is 0 Å². The van der Waals surface area contributed by atoms with Crippen molar-refractivity contribution < 1.29 is 14.6 Å². The molecule has 0 saturated heterocycles. The summed E-state index contributed by atoms with van der Waals surface area (Å²) in [5.41, 5.74) is 0.994. The van der Waals surface area contributed by atoms with E-state index in [0.29, 0.717) is 34.6 Å². The summed E-state index contributed by atoms with van der Waals surface area (Å²) in [6.07, 6.45) is 6.18. The number of aromatic nitrogens is 4. The molecule has 1 aliphatic carbocycles. The average Bonchev–Trinajstić information content (AvgIpc) is 3.04. The van der Waals surface area contributed by atoms with E-state index in [1.54, 1.807) is 31.2 Å². The molecule has 0 spiro atoms. The zero-order valence-corrected chi connectivity index (χ0v) is 14.7. The van der Waals surface area contributed by atoms with E-state index in [-0.39, 0.29) is 11.9 Å². The van der Waals surface area contributed by atoms with Crippen LogP contribution in [0.25, 0.3) is 5.69 Å². The second kappa shape index (κ2) is 6.96. The summed E-state index contributed by atoms with van der Waals surface area (Å²) in [7, 11) is 0. The molecule has 136 valence electrons. The van der Waals surface area contributed by atoms with Gasteiger partial charge in [0.15, 0.2) is 11.5 Å².